The number of amides is 12. The number of methoxy groups -OCH3 is 2. The van der Waals surface area contributed by atoms with Gasteiger partial charge in [0, 0.05) is 83.6 Å². The zero-order valence-corrected chi connectivity index (χ0v) is 64.3. The number of primary amides is 2. The number of likely N-dealkylation sites (N-methyl/N-ethyl adjacent to an activating group) is 2. The fraction of sp³-hybridized carbons (Fsp3) is 0.676. The van der Waals surface area contributed by atoms with E-state index >= 15 is 4.79 Å². The molecule has 0 spiro atoms. The molecule has 0 aromatic heterocycles. The van der Waals surface area contributed by atoms with Crippen molar-refractivity contribution in [3.05, 3.63) is 65.2 Å². The third kappa shape index (κ3) is 26.2. The molecule has 1 unspecified atom stereocenters. The minimum absolute atomic E-state index is 0.0329. The maximum absolute atomic E-state index is 15.0. The van der Waals surface area contributed by atoms with Crippen molar-refractivity contribution in [2.45, 2.75) is 219 Å². The predicted molar refractivity (Wildman–Crippen MR) is 391 cm³/mol. The lowest BCUT2D eigenvalue weighted by molar-refractivity contribution is -0.148. The summed E-state index contributed by atoms with van der Waals surface area (Å²) in [6.45, 7) is 16.1. The molecule has 2 aromatic rings. The van der Waals surface area contributed by atoms with Gasteiger partial charge < -0.3 is 72.1 Å². The molecule has 1 saturated carbocycles. The van der Waals surface area contributed by atoms with Gasteiger partial charge in [0.05, 0.1) is 54.5 Å². The van der Waals surface area contributed by atoms with Gasteiger partial charge in [0.2, 0.25) is 59.1 Å². The first-order chi connectivity index (χ1) is 49.6. The zero-order chi connectivity index (χ0) is 78.2. The smallest absolute Gasteiger partial charge is 0.429 e. The van der Waals surface area contributed by atoms with Crippen LogP contribution >= 0.6 is 11.8 Å². The van der Waals surface area contributed by atoms with E-state index in [1.54, 1.807) is 58.9 Å². The summed E-state index contributed by atoms with van der Waals surface area (Å²) >= 11 is 1.39. The molecule has 28 nitrogen and oxygen atoms in total. The van der Waals surface area contributed by atoms with Crippen LogP contribution in [0.15, 0.2) is 42.5 Å². The zero-order valence-electron chi connectivity index (χ0n) is 63.5. The Bertz CT molecular complexity index is 3280. The fourth-order valence-electron chi connectivity index (χ4n) is 13.7. The van der Waals surface area contributed by atoms with Crippen molar-refractivity contribution in [1.82, 2.24) is 46.2 Å². The predicted octanol–water partition coefficient (Wildman–Crippen LogP) is 5.69. The summed E-state index contributed by atoms with van der Waals surface area (Å²) in [5.41, 5.74) is 11.0. The highest BCUT2D eigenvalue weighted by Crippen LogP contribution is 2.52. The van der Waals surface area contributed by atoms with Crippen LogP contribution in [-0.2, 0) is 79.9 Å². The number of likely N-dealkylation sites (tertiary alicyclic amines) is 2. The molecule has 2 aliphatic heterocycles. The first kappa shape index (κ1) is 87.6. The third-order valence-corrected chi connectivity index (χ3v) is 21.5. The van der Waals surface area contributed by atoms with Gasteiger partial charge in [0.25, 0.3) is 0 Å². The Kier molecular flexibility index (Phi) is 34.8. The summed E-state index contributed by atoms with van der Waals surface area (Å²) in [5, 5.41) is 16.0. The van der Waals surface area contributed by atoms with Crippen LogP contribution in [0.2, 0.25) is 0 Å². The fourth-order valence-corrected chi connectivity index (χ4v) is 15.2. The van der Waals surface area contributed by atoms with Gasteiger partial charge >= 0.3 is 12.2 Å². The molecule has 2 heterocycles. The number of nitrogens with two attached hydrogens (primary N) is 2. The maximum Gasteiger partial charge on any atom is 0.508 e. The van der Waals surface area contributed by atoms with E-state index in [1.807, 2.05) is 41.5 Å². The SMILES string of the molecule is CC[C@H](C)[C@@H]([C@@H](CC(=O)N1C[C@@H](OC(=O)OCc2ccc(NC(=O)[C@H](CCCNC(N)=O)NC(=O)[C@@H](NC(=O)CCCCCN3C(=O)CC(SCC4(CC(N)=O)CC4)C3=O)C(C)C)cc2)C[C@H]1[C@H](OC)[C@@H](C)C(=O)NCCc1c(F)cccc1F)OC)N(C)C(=O)[C@@H](NC(=O)[C@H](C(C)C)N(C)C)C(C)C. The Hall–Kier alpha value is -8.03. The molecule has 10 N–H and O–H groups in total. The van der Waals surface area contributed by atoms with Gasteiger partial charge in [-0.15, -0.1) is 11.8 Å². The van der Waals surface area contributed by atoms with Gasteiger partial charge in [-0.2, -0.15) is 0 Å². The Morgan fingerprint density at radius 1 is 0.752 bits per heavy atom. The number of anilines is 1. The molecular formula is C74H114F2N12O16S. The number of carbonyl (C=O) groups excluding carboxylic acids is 12. The summed E-state index contributed by atoms with van der Waals surface area (Å²) in [5.74, 6) is -7.31. The normalized spacial score (nSPS) is 18.8. The lowest BCUT2D eigenvalue weighted by atomic mass is 9.89. The Morgan fingerprint density at radius 3 is 1.98 bits per heavy atom. The summed E-state index contributed by atoms with van der Waals surface area (Å²) in [7, 11) is 8.01. The molecule has 2 aromatic carbocycles. The van der Waals surface area contributed by atoms with Crippen LogP contribution in [0.5, 0.6) is 0 Å². The average molecular weight is 1500 g/mol. The molecule has 12 atom stereocenters. The van der Waals surface area contributed by atoms with E-state index in [2.05, 4.69) is 31.9 Å². The summed E-state index contributed by atoms with van der Waals surface area (Å²) in [6, 6.07) is 3.64. The standard InChI is InChI=1S/C74H114F2N12O16S/c1-15-45(8)64(86(12)71(98)62(43(4)5)84-69(96)63(44(6)7)85(10)11)55(101-13)36-59(91)88-39-49(35-54(88)65(102-14)46(9)66(93)79-33-29-50-51(75)21-19-22-52(50)76)104-73(100)103-40-47-25-27-48(28-26-47)81-67(94)53(23-20-32-80-72(78)99)82-68(95)61(42(2)3)83-58(90)24-17-16-18-34-87-60(92)37-56(70(87)97)105-41-74(30-31-74)38-57(77)89/h19,21-22,25-28,42-46,49,53-56,61-65H,15-18,20,23-24,29-41H2,1-14H3,(H2,77,89)(H,79,93)(H,81,94)(H,82,95)(H,83,90)(H,84,96)(H3,78,80,99)/t45-,46+,49-,53-,54-,55+,56?,61-,62-,63-,64-,65+/m0/s1. The van der Waals surface area contributed by atoms with Crippen molar-refractivity contribution >= 4 is 88.7 Å². The second kappa shape index (κ2) is 41.8. The topological polar surface area (TPSA) is 379 Å². The van der Waals surface area contributed by atoms with Gasteiger partial charge in [0.1, 0.15) is 42.5 Å². The van der Waals surface area contributed by atoms with E-state index in [4.69, 9.17) is 30.4 Å². The summed E-state index contributed by atoms with van der Waals surface area (Å²) in [6.07, 6.45) is -0.232. The van der Waals surface area contributed by atoms with Gasteiger partial charge in [-0.05, 0) is 118 Å². The van der Waals surface area contributed by atoms with E-state index in [1.165, 1.54) is 58.9 Å². The molecule has 1 aliphatic carbocycles. The number of nitrogens with one attached hydrogen (secondary N) is 6. The number of benzene rings is 2. The van der Waals surface area contributed by atoms with Gasteiger partial charge in [-0.1, -0.05) is 93.4 Å². The van der Waals surface area contributed by atoms with Crippen LogP contribution in [0.3, 0.4) is 0 Å². The highest BCUT2D eigenvalue weighted by Gasteiger charge is 2.49. The molecule has 31 heteroatoms. The third-order valence-electron chi connectivity index (χ3n) is 20.0. The van der Waals surface area contributed by atoms with Crippen LogP contribution in [-0.4, -0.2) is 218 Å². The molecule has 3 fully saturated rings. The molecule has 5 rings (SSSR count). The summed E-state index contributed by atoms with van der Waals surface area (Å²) in [4.78, 5) is 167. The van der Waals surface area contributed by atoms with E-state index in [0.29, 0.717) is 42.7 Å². The summed E-state index contributed by atoms with van der Waals surface area (Å²) < 4.78 is 52.7. The van der Waals surface area contributed by atoms with Gasteiger partial charge in [-0.3, -0.25) is 57.7 Å². The highest BCUT2D eigenvalue weighted by molar-refractivity contribution is 8.00. The molecule has 2 saturated heterocycles. The number of nitrogens with zero attached hydrogens (tertiary/aromatic N) is 4. The van der Waals surface area contributed by atoms with Crippen LogP contribution in [0.4, 0.5) is 24.1 Å². The number of hydrogen-bond donors (Lipinski definition) is 8. The molecular weight excluding hydrogens is 1380 g/mol. The minimum atomic E-state index is -1.16. The minimum Gasteiger partial charge on any atom is -0.429 e. The number of thioether (sulfide) groups is 1. The largest absolute Gasteiger partial charge is 0.508 e. The van der Waals surface area contributed by atoms with Crippen molar-refractivity contribution < 1.29 is 85.3 Å². The Balaban J connectivity index is 1.23. The Labute approximate surface area is 620 Å². The number of ether oxygens (including phenoxy) is 4. The van der Waals surface area contributed by atoms with Crippen molar-refractivity contribution in [1.29, 1.82) is 0 Å². The monoisotopic (exact) mass is 1500 g/mol. The van der Waals surface area contributed by atoms with Crippen molar-refractivity contribution in [2.24, 2.45) is 46.5 Å². The number of halogens is 2. The van der Waals surface area contributed by atoms with E-state index in [0.717, 1.165) is 25.0 Å². The average Bonchev–Trinajstić information content (AvgIpc) is 1.58. The molecule has 0 bridgehead atoms. The van der Waals surface area contributed by atoms with Crippen molar-refractivity contribution in [2.75, 3.05) is 72.6 Å². The highest BCUT2D eigenvalue weighted by atomic mass is 32.2. The van der Waals surface area contributed by atoms with E-state index < -0.39 is 125 Å². The number of imide groups is 1. The lowest BCUT2D eigenvalue weighted by Crippen LogP contribution is -2.59. The van der Waals surface area contributed by atoms with E-state index in [-0.39, 0.29) is 142 Å². The van der Waals surface area contributed by atoms with Gasteiger partial charge in [0.15, 0.2) is 0 Å². The van der Waals surface area contributed by atoms with Crippen LogP contribution in [0, 0.1) is 46.6 Å². The maximum atomic E-state index is 15.0. The number of urea groups is 1. The van der Waals surface area contributed by atoms with Gasteiger partial charge in [-0.25, -0.2) is 18.4 Å². The van der Waals surface area contributed by atoms with Crippen molar-refractivity contribution in [3.8, 4) is 0 Å². The number of rotatable bonds is 44. The molecule has 12 amide bonds. The molecule has 0 radical (unpaired) electrons. The second-order valence-corrected chi connectivity index (χ2v) is 30.5. The van der Waals surface area contributed by atoms with Crippen LogP contribution < -0.4 is 43.4 Å². The lowest BCUT2D eigenvalue weighted by Gasteiger charge is -2.41. The Morgan fingerprint density at radius 2 is 1.41 bits per heavy atom. The first-order valence-corrected chi connectivity index (χ1v) is 37.5. The number of unbranched alkanes of at least 4 members (excludes halogenated alkanes) is 2. The second-order valence-electron chi connectivity index (χ2n) is 29.4. The van der Waals surface area contributed by atoms with Crippen LogP contribution in [0.1, 0.15) is 157 Å². The number of hydrogen-bond acceptors (Lipinski definition) is 18. The van der Waals surface area contributed by atoms with E-state index in [9.17, 15) is 61.5 Å². The molecule has 105 heavy (non-hydrogen) atoms. The molecule has 3 aliphatic rings. The van der Waals surface area contributed by atoms with Crippen molar-refractivity contribution in [3.63, 3.8) is 0 Å². The van der Waals surface area contributed by atoms with Crippen LogP contribution in [0.25, 0.3) is 0 Å². The quantitative estimate of drug-likeness (QED) is 0.0224. The number of carbonyl (C=O) groups is 12. The first-order valence-electron chi connectivity index (χ1n) is 36.5. The molecule has 586 valence electrons.